The number of carbonyl (C=O) groups excluding carboxylic acids is 1. The summed E-state index contributed by atoms with van der Waals surface area (Å²) in [6.45, 7) is 4.01. The molecule has 2 saturated heterocycles. The molecule has 0 saturated carbocycles. The molecule has 3 rings (SSSR count). The first-order valence-electron chi connectivity index (χ1n) is 7.40. The van der Waals surface area contributed by atoms with Gasteiger partial charge in [0.15, 0.2) is 0 Å². The van der Waals surface area contributed by atoms with E-state index in [1.807, 2.05) is 29.2 Å². The van der Waals surface area contributed by atoms with Crippen LogP contribution in [0.15, 0.2) is 24.3 Å². The maximum absolute atomic E-state index is 12.4. The summed E-state index contributed by atoms with van der Waals surface area (Å²) in [4.78, 5) is 14.5. The second kappa shape index (κ2) is 5.74. The van der Waals surface area contributed by atoms with Gasteiger partial charge in [-0.25, -0.2) is 0 Å². The van der Waals surface area contributed by atoms with Crippen molar-refractivity contribution in [2.75, 3.05) is 26.2 Å². The largest absolute Gasteiger partial charge is 0.342 e. The van der Waals surface area contributed by atoms with Gasteiger partial charge in [-0.2, -0.15) is 0 Å². The highest BCUT2D eigenvalue weighted by Crippen LogP contribution is 2.38. The third-order valence-corrected chi connectivity index (χ3v) is 5.12. The van der Waals surface area contributed by atoms with Gasteiger partial charge in [-0.3, -0.25) is 4.79 Å². The van der Waals surface area contributed by atoms with Crippen molar-refractivity contribution in [3.05, 3.63) is 34.9 Å². The molecule has 1 amide bonds. The summed E-state index contributed by atoms with van der Waals surface area (Å²) >= 11 is 6.14. The van der Waals surface area contributed by atoms with Gasteiger partial charge in [0.05, 0.1) is 6.42 Å². The number of rotatable bonds is 2. The molecule has 3 nitrogen and oxygen atoms in total. The van der Waals surface area contributed by atoms with Gasteiger partial charge < -0.3 is 10.2 Å². The van der Waals surface area contributed by atoms with Gasteiger partial charge in [0.2, 0.25) is 5.91 Å². The number of amides is 1. The Morgan fingerprint density at radius 2 is 2.00 bits per heavy atom. The number of benzene rings is 1. The lowest BCUT2D eigenvalue weighted by Crippen LogP contribution is -2.40. The standard InChI is InChI=1S/C16H21ClN2O/c17-14-4-2-1-3-13(14)11-15(20)19-10-7-16(12-19)5-8-18-9-6-16/h1-4,18H,5-12H2. The SMILES string of the molecule is O=C(Cc1ccccc1Cl)N1CCC2(CCNCC2)C1. The summed E-state index contributed by atoms with van der Waals surface area (Å²) in [5, 5.41) is 4.10. The number of hydrogen-bond acceptors (Lipinski definition) is 2. The monoisotopic (exact) mass is 292 g/mol. The number of piperidine rings is 1. The first kappa shape index (κ1) is 13.9. The Balaban J connectivity index is 1.63. The quantitative estimate of drug-likeness (QED) is 0.908. The fourth-order valence-corrected chi connectivity index (χ4v) is 3.63. The first-order chi connectivity index (χ1) is 9.69. The molecule has 0 radical (unpaired) electrons. The molecule has 0 aliphatic carbocycles. The van der Waals surface area contributed by atoms with Crippen molar-refractivity contribution in [3.63, 3.8) is 0 Å². The lowest BCUT2D eigenvalue weighted by Gasteiger charge is -2.33. The molecule has 0 aromatic heterocycles. The molecular formula is C16H21ClN2O. The van der Waals surface area contributed by atoms with Gasteiger partial charge >= 0.3 is 0 Å². The molecule has 1 aromatic rings. The van der Waals surface area contributed by atoms with Crippen LogP contribution in [0.25, 0.3) is 0 Å². The molecule has 2 aliphatic rings. The van der Waals surface area contributed by atoms with E-state index in [2.05, 4.69) is 5.32 Å². The van der Waals surface area contributed by atoms with Crippen LogP contribution in [0.2, 0.25) is 5.02 Å². The van der Waals surface area contributed by atoms with Gasteiger partial charge in [0.25, 0.3) is 0 Å². The molecular weight excluding hydrogens is 272 g/mol. The van der Waals surface area contributed by atoms with E-state index in [1.54, 1.807) is 0 Å². The van der Waals surface area contributed by atoms with Crippen LogP contribution in [0.4, 0.5) is 0 Å². The molecule has 20 heavy (non-hydrogen) atoms. The molecule has 108 valence electrons. The maximum atomic E-state index is 12.4. The zero-order chi connectivity index (χ0) is 14.0. The number of hydrogen-bond donors (Lipinski definition) is 1. The van der Waals surface area contributed by atoms with E-state index in [1.165, 1.54) is 12.8 Å². The molecule has 2 heterocycles. The van der Waals surface area contributed by atoms with Crippen LogP contribution in [0.3, 0.4) is 0 Å². The van der Waals surface area contributed by atoms with Crippen LogP contribution in [-0.2, 0) is 11.2 Å². The third-order valence-electron chi connectivity index (χ3n) is 4.75. The zero-order valence-electron chi connectivity index (χ0n) is 11.7. The smallest absolute Gasteiger partial charge is 0.227 e. The minimum absolute atomic E-state index is 0.216. The predicted octanol–water partition coefficient (Wildman–Crippen LogP) is 2.48. The van der Waals surface area contributed by atoms with Crippen molar-refractivity contribution in [3.8, 4) is 0 Å². The third kappa shape index (κ3) is 2.84. The summed E-state index contributed by atoms with van der Waals surface area (Å²) in [5.74, 6) is 0.216. The average Bonchev–Trinajstić information content (AvgIpc) is 2.86. The number of halogens is 1. The molecule has 1 aromatic carbocycles. The highest BCUT2D eigenvalue weighted by Gasteiger charge is 2.40. The van der Waals surface area contributed by atoms with Crippen molar-refractivity contribution in [2.45, 2.75) is 25.7 Å². The minimum Gasteiger partial charge on any atom is -0.342 e. The van der Waals surface area contributed by atoms with E-state index >= 15 is 0 Å². The second-order valence-electron chi connectivity index (χ2n) is 6.08. The summed E-state index contributed by atoms with van der Waals surface area (Å²) in [6.07, 6.45) is 3.97. The molecule has 0 atom stereocenters. The van der Waals surface area contributed by atoms with E-state index in [4.69, 9.17) is 11.6 Å². The van der Waals surface area contributed by atoms with Crippen LogP contribution in [0.5, 0.6) is 0 Å². The minimum atomic E-state index is 0.216. The van der Waals surface area contributed by atoms with Gasteiger partial charge in [0.1, 0.15) is 0 Å². The Bertz CT molecular complexity index is 497. The maximum Gasteiger partial charge on any atom is 0.227 e. The molecule has 2 fully saturated rings. The molecule has 1 N–H and O–H groups in total. The van der Waals surface area contributed by atoms with Gasteiger partial charge in [-0.1, -0.05) is 29.8 Å². The number of likely N-dealkylation sites (tertiary alicyclic amines) is 1. The van der Waals surface area contributed by atoms with Gasteiger partial charge in [-0.05, 0) is 49.4 Å². The van der Waals surface area contributed by atoms with Crippen molar-refractivity contribution in [1.29, 1.82) is 0 Å². The Morgan fingerprint density at radius 1 is 1.25 bits per heavy atom. The second-order valence-corrected chi connectivity index (χ2v) is 6.49. The van der Waals surface area contributed by atoms with Crippen LogP contribution in [0.1, 0.15) is 24.8 Å². The van der Waals surface area contributed by atoms with Crippen LogP contribution >= 0.6 is 11.6 Å². The fraction of sp³-hybridized carbons (Fsp3) is 0.562. The molecule has 1 spiro atoms. The topological polar surface area (TPSA) is 32.3 Å². The average molecular weight is 293 g/mol. The Kier molecular flexibility index (Phi) is 3.99. The van der Waals surface area contributed by atoms with E-state index in [9.17, 15) is 4.79 Å². The van der Waals surface area contributed by atoms with Crippen LogP contribution in [-0.4, -0.2) is 37.0 Å². The molecule has 0 unspecified atom stereocenters. The normalized spacial score (nSPS) is 21.4. The lowest BCUT2D eigenvalue weighted by atomic mass is 9.78. The van der Waals surface area contributed by atoms with Crippen molar-refractivity contribution in [2.24, 2.45) is 5.41 Å². The van der Waals surface area contributed by atoms with E-state index in [-0.39, 0.29) is 5.91 Å². The van der Waals surface area contributed by atoms with Crippen molar-refractivity contribution in [1.82, 2.24) is 10.2 Å². The molecule has 0 bridgehead atoms. The number of nitrogens with one attached hydrogen (secondary N) is 1. The van der Waals surface area contributed by atoms with Crippen molar-refractivity contribution < 1.29 is 4.79 Å². The van der Waals surface area contributed by atoms with Crippen molar-refractivity contribution >= 4 is 17.5 Å². The van der Waals surface area contributed by atoms with E-state index < -0.39 is 0 Å². The van der Waals surface area contributed by atoms with E-state index in [0.717, 1.165) is 38.2 Å². The highest BCUT2D eigenvalue weighted by molar-refractivity contribution is 6.31. The van der Waals surface area contributed by atoms with Crippen LogP contribution in [0, 0.1) is 5.41 Å². The summed E-state index contributed by atoms with van der Waals surface area (Å²) in [6, 6.07) is 7.63. The summed E-state index contributed by atoms with van der Waals surface area (Å²) < 4.78 is 0. The Morgan fingerprint density at radius 3 is 2.75 bits per heavy atom. The lowest BCUT2D eigenvalue weighted by molar-refractivity contribution is -0.129. The Hall–Kier alpha value is -1.06. The predicted molar refractivity (Wildman–Crippen MR) is 80.9 cm³/mol. The van der Waals surface area contributed by atoms with Gasteiger partial charge in [-0.15, -0.1) is 0 Å². The fourth-order valence-electron chi connectivity index (χ4n) is 3.43. The number of nitrogens with zero attached hydrogens (tertiary/aromatic N) is 1. The summed E-state index contributed by atoms with van der Waals surface area (Å²) in [5.41, 5.74) is 1.31. The van der Waals surface area contributed by atoms with E-state index in [0.29, 0.717) is 16.9 Å². The number of carbonyl (C=O) groups is 1. The first-order valence-corrected chi connectivity index (χ1v) is 7.78. The Labute approximate surface area is 125 Å². The highest BCUT2D eigenvalue weighted by atomic mass is 35.5. The van der Waals surface area contributed by atoms with Gasteiger partial charge in [0, 0.05) is 18.1 Å². The molecule has 4 heteroatoms. The zero-order valence-corrected chi connectivity index (χ0v) is 12.5. The van der Waals surface area contributed by atoms with Crippen LogP contribution < -0.4 is 5.32 Å². The molecule has 2 aliphatic heterocycles. The summed E-state index contributed by atoms with van der Waals surface area (Å²) in [7, 11) is 0.